The van der Waals surface area contributed by atoms with Crippen molar-refractivity contribution in [3.05, 3.63) is 98.9 Å². The average molecular weight is 683 g/mol. The third-order valence-electron chi connectivity index (χ3n) is 9.74. The van der Waals surface area contributed by atoms with Crippen molar-refractivity contribution in [2.24, 2.45) is 0 Å². The Morgan fingerprint density at radius 2 is 1.83 bits per heavy atom. The number of hydrazine groups is 2. The Hall–Kier alpha value is -4.20. The molecule has 11 heteroatoms. The molecule has 0 aliphatic carbocycles. The van der Waals surface area contributed by atoms with E-state index >= 15 is 0 Å². The third-order valence-corrected chi connectivity index (χ3v) is 10.4. The molecule has 0 unspecified atom stereocenters. The van der Waals surface area contributed by atoms with Gasteiger partial charge >= 0.3 is 0 Å². The normalized spacial score (nSPS) is 17.4. The number of nitrogens with zero attached hydrogens (tertiary/aromatic N) is 4. The maximum absolute atomic E-state index is 10.1. The Morgan fingerprint density at radius 3 is 2.58 bits per heavy atom. The van der Waals surface area contributed by atoms with Gasteiger partial charge in [-0.2, -0.15) is 5.26 Å². The monoisotopic (exact) mass is 681 g/mol. The minimum absolute atomic E-state index is 0.173. The standard InChI is InChI=1S/C37H41Cl2N9/c1-22-8-9-24(17-30(22)38)43-34-23(19-40)20-42-35-29(34)16-25(18-31(35)39)44-36(28-6-5-7-32-27(28)10-13-41-32)33-21-48(46-45-33)26-11-14-47(15-12-26)37(2,3)4/h5-9,16-18,20-21,26,36,41,44-46H,10-15H2,1-4H3,(H,42,43)/t36-/m0/s1. The summed E-state index contributed by atoms with van der Waals surface area (Å²) in [4.78, 5) is 7.13. The number of aromatic nitrogens is 1. The first-order valence-corrected chi connectivity index (χ1v) is 17.3. The summed E-state index contributed by atoms with van der Waals surface area (Å²) in [6.07, 6.45) is 6.87. The molecule has 1 fully saturated rings. The van der Waals surface area contributed by atoms with Crippen molar-refractivity contribution >= 4 is 56.9 Å². The van der Waals surface area contributed by atoms with E-state index in [1.807, 2.05) is 37.3 Å². The van der Waals surface area contributed by atoms with Crippen LogP contribution in [-0.4, -0.2) is 46.1 Å². The molecule has 4 heterocycles. The second kappa shape index (κ2) is 13.0. The van der Waals surface area contributed by atoms with E-state index in [-0.39, 0.29) is 11.6 Å². The SMILES string of the molecule is Cc1ccc(Nc2c(C#N)cnc3c(Cl)cc(N[C@H](C4=CN(C5CCN(C(C)(C)C)CC5)NN4)c4cccc5c4CCN5)cc23)cc1Cl. The molecule has 1 saturated heterocycles. The van der Waals surface area contributed by atoms with Gasteiger partial charge in [-0.05, 0) is 94.0 Å². The first kappa shape index (κ1) is 32.4. The maximum Gasteiger partial charge on any atom is 0.103 e. The molecule has 4 aromatic rings. The van der Waals surface area contributed by atoms with E-state index in [2.05, 4.69) is 93.0 Å². The van der Waals surface area contributed by atoms with Crippen LogP contribution in [-0.2, 0) is 6.42 Å². The highest BCUT2D eigenvalue weighted by atomic mass is 35.5. The zero-order chi connectivity index (χ0) is 33.6. The molecule has 3 aromatic carbocycles. The van der Waals surface area contributed by atoms with E-state index in [1.165, 1.54) is 16.8 Å². The molecule has 0 bridgehead atoms. The lowest BCUT2D eigenvalue weighted by atomic mass is 9.95. The fourth-order valence-electron chi connectivity index (χ4n) is 7.01. The van der Waals surface area contributed by atoms with Crippen LogP contribution in [0.1, 0.15) is 61.9 Å². The summed E-state index contributed by atoms with van der Waals surface area (Å²) in [5, 5.41) is 24.9. The lowest BCUT2D eigenvalue weighted by Gasteiger charge is -2.42. The Balaban J connectivity index is 1.25. The number of nitriles is 1. The summed E-state index contributed by atoms with van der Waals surface area (Å²) in [5.74, 6) is 0. The minimum Gasteiger partial charge on any atom is -0.384 e. The van der Waals surface area contributed by atoms with Crippen LogP contribution in [0.4, 0.5) is 22.7 Å². The van der Waals surface area contributed by atoms with Crippen molar-refractivity contribution in [1.82, 2.24) is 25.9 Å². The second-order valence-corrected chi connectivity index (χ2v) is 14.7. The molecule has 0 amide bonds. The molecule has 3 aliphatic heterocycles. The van der Waals surface area contributed by atoms with Gasteiger partial charge in [-0.25, -0.2) is 0 Å². The van der Waals surface area contributed by atoms with Gasteiger partial charge in [0.2, 0.25) is 0 Å². The molecule has 0 saturated carbocycles. The van der Waals surface area contributed by atoms with Crippen LogP contribution < -0.4 is 26.9 Å². The molecule has 1 aromatic heterocycles. The Morgan fingerprint density at radius 1 is 1.04 bits per heavy atom. The number of nitrogens with one attached hydrogen (secondary N) is 5. The highest BCUT2D eigenvalue weighted by Crippen LogP contribution is 2.39. The molecule has 7 rings (SSSR count). The third kappa shape index (κ3) is 6.34. The number of halogens is 2. The molecule has 3 aliphatic rings. The Bertz CT molecular complexity index is 1940. The zero-order valence-electron chi connectivity index (χ0n) is 27.7. The van der Waals surface area contributed by atoms with E-state index in [0.717, 1.165) is 66.9 Å². The van der Waals surface area contributed by atoms with Crippen LogP contribution in [0.15, 0.2) is 66.6 Å². The summed E-state index contributed by atoms with van der Waals surface area (Å²) in [7, 11) is 0. The fraction of sp³-hybridized carbons (Fsp3) is 0.351. The number of anilines is 4. The van der Waals surface area contributed by atoms with Crippen LogP contribution in [0.25, 0.3) is 10.9 Å². The van der Waals surface area contributed by atoms with Crippen molar-refractivity contribution in [2.45, 2.75) is 64.6 Å². The quantitative estimate of drug-likeness (QED) is 0.133. The topological polar surface area (TPSA) is 103 Å². The predicted octanol–water partition coefficient (Wildman–Crippen LogP) is 8.02. The largest absolute Gasteiger partial charge is 0.384 e. The minimum atomic E-state index is -0.208. The van der Waals surface area contributed by atoms with E-state index in [1.54, 1.807) is 6.20 Å². The van der Waals surface area contributed by atoms with Crippen molar-refractivity contribution in [1.29, 1.82) is 5.26 Å². The highest BCUT2D eigenvalue weighted by Gasteiger charge is 2.33. The number of pyridine rings is 1. The van der Waals surface area contributed by atoms with Crippen LogP contribution in [0.3, 0.4) is 0 Å². The molecule has 0 spiro atoms. The fourth-order valence-corrected chi connectivity index (χ4v) is 7.46. The molecule has 0 radical (unpaired) electrons. The smallest absolute Gasteiger partial charge is 0.103 e. The molecule has 248 valence electrons. The van der Waals surface area contributed by atoms with Gasteiger partial charge in [-0.1, -0.05) is 41.4 Å². The van der Waals surface area contributed by atoms with Crippen molar-refractivity contribution in [2.75, 3.05) is 35.6 Å². The van der Waals surface area contributed by atoms with Gasteiger partial charge in [0.25, 0.3) is 0 Å². The van der Waals surface area contributed by atoms with Gasteiger partial charge in [0.15, 0.2) is 0 Å². The molecule has 48 heavy (non-hydrogen) atoms. The number of hydrogen-bond acceptors (Lipinski definition) is 9. The van der Waals surface area contributed by atoms with Crippen molar-refractivity contribution in [3.8, 4) is 6.07 Å². The van der Waals surface area contributed by atoms with E-state index < -0.39 is 0 Å². The van der Waals surface area contributed by atoms with Gasteiger partial charge in [-0.15, -0.1) is 5.53 Å². The number of hydrogen-bond donors (Lipinski definition) is 5. The summed E-state index contributed by atoms with van der Waals surface area (Å²) >= 11 is 13.4. The van der Waals surface area contributed by atoms with Gasteiger partial charge in [0, 0.05) is 71.1 Å². The molecular weight excluding hydrogens is 641 g/mol. The van der Waals surface area contributed by atoms with Crippen LogP contribution in [0.5, 0.6) is 0 Å². The van der Waals surface area contributed by atoms with Crippen molar-refractivity contribution in [3.63, 3.8) is 0 Å². The zero-order valence-corrected chi connectivity index (χ0v) is 29.2. The van der Waals surface area contributed by atoms with E-state index in [9.17, 15) is 5.26 Å². The summed E-state index contributed by atoms with van der Waals surface area (Å²) < 4.78 is 0. The second-order valence-electron chi connectivity index (χ2n) is 13.8. The molecule has 9 nitrogen and oxygen atoms in total. The van der Waals surface area contributed by atoms with E-state index in [4.69, 9.17) is 23.2 Å². The predicted molar refractivity (Wildman–Crippen MR) is 196 cm³/mol. The highest BCUT2D eigenvalue weighted by molar-refractivity contribution is 6.36. The number of piperidine rings is 1. The van der Waals surface area contributed by atoms with Crippen LogP contribution in [0.2, 0.25) is 10.0 Å². The first-order chi connectivity index (χ1) is 23.1. The number of rotatable bonds is 7. The summed E-state index contributed by atoms with van der Waals surface area (Å²) in [6.45, 7) is 11.9. The van der Waals surface area contributed by atoms with Gasteiger partial charge < -0.3 is 21.4 Å². The first-order valence-electron chi connectivity index (χ1n) is 16.5. The van der Waals surface area contributed by atoms with Gasteiger partial charge in [0.05, 0.1) is 33.5 Å². The maximum atomic E-state index is 10.1. The summed E-state index contributed by atoms with van der Waals surface area (Å²) in [6, 6.07) is 18.6. The van der Waals surface area contributed by atoms with E-state index in [0.29, 0.717) is 32.9 Å². The van der Waals surface area contributed by atoms with Gasteiger partial charge in [-0.3, -0.25) is 14.9 Å². The lowest BCUT2D eigenvalue weighted by Crippen LogP contribution is -2.52. The number of aryl methyl sites for hydroxylation is 1. The summed E-state index contributed by atoms with van der Waals surface area (Å²) in [5.41, 5.74) is 16.0. The van der Waals surface area contributed by atoms with Crippen LogP contribution in [0, 0.1) is 18.3 Å². The van der Waals surface area contributed by atoms with Crippen molar-refractivity contribution < 1.29 is 0 Å². The molecule has 1 atom stereocenters. The Kier molecular flexibility index (Phi) is 8.77. The van der Waals surface area contributed by atoms with Gasteiger partial charge in [0.1, 0.15) is 6.07 Å². The Labute approximate surface area is 292 Å². The van der Waals surface area contributed by atoms with Crippen LogP contribution >= 0.6 is 23.2 Å². The lowest BCUT2D eigenvalue weighted by molar-refractivity contribution is 0.0570. The number of fused-ring (bicyclic) bond motifs is 2. The number of likely N-dealkylation sites (tertiary alicyclic amines) is 1. The number of benzene rings is 3. The average Bonchev–Trinajstić information content (AvgIpc) is 3.76. The molecular formula is C37H41Cl2N9. The molecule has 5 N–H and O–H groups in total.